The maximum Gasteiger partial charge on any atom is 0.251 e. The first-order valence-electron chi connectivity index (χ1n) is 8.05. The molecule has 3 aromatic rings. The monoisotopic (exact) mass is 340 g/mol. The van der Waals surface area contributed by atoms with Crippen LogP contribution in [0.5, 0.6) is 0 Å². The van der Waals surface area contributed by atoms with Crippen molar-refractivity contribution < 1.29 is 13.9 Å². The molecule has 0 saturated carbocycles. The minimum Gasteiger partial charge on any atom is -0.464 e. The van der Waals surface area contributed by atoms with Crippen molar-refractivity contribution >= 4 is 5.91 Å². The second-order valence-electron chi connectivity index (χ2n) is 5.50. The first-order chi connectivity index (χ1) is 12.3. The molecule has 1 aromatic carbocycles. The molecule has 1 N–H and O–H groups in total. The third-order valence-electron chi connectivity index (χ3n) is 3.80. The summed E-state index contributed by atoms with van der Waals surface area (Å²) in [6, 6.07) is 11.0. The fourth-order valence-corrected chi connectivity index (χ4v) is 2.50. The number of amides is 1. The molecule has 0 radical (unpaired) electrons. The van der Waals surface area contributed by atoms with E-state index in [0.29, 0.717) is 31.7 Å². The fraction of sp³-hybridized carbons (Fsp3) is 0.278. The van der Waals surface area contributed by atoms with E-state index in [-0.39, 0.29) is 5.91 Å². The van der Waals surface area contributed by atoms with Crippen LogP contribution in [0.2, 0.25) is 0 Å². The summed E-state index contributed by atoms with van der Waals surface area (Å²) in [5.41, 5.74) is 1.46. The summed E-state index contributed by atoms with van der Waals surface area (Å²) in [6.07, 6.45) is 3.89. The van der Waals surface area contributed by atoms with Gasteiger partial charge in [-0.3, -0.25) is 4.79 Å². The number of furan rings is 1. The predicted molar refractivity (Wildman–Crippen MR) is 92.1 cm³/mol. The molecule has 25 heavy (non-hydrogen) atoms. The Morgan fingerprint density at radius 3 is 3.04 bits per heavy atom. The first kappa shape index (κ1) is 16.9. The van der Waals surface area contributed by atoms with Crippen molar-refractivity contribution in [1.29, 1.82) is 0 Å². The van der Waals surface area contributed by atoms with Gasteiger partial charge in [0.25, 0.3) is 5.91 Å². The molecule has 7 heteroatoms. The Kier molecular flexibility index (Phi) is 5.58. The van der Waals surface area contributed by atoms with E-state index in [1.807, 2.05) is 34.9 Å². The maximum absolute atomic E-state index is 12.3. The molecule has 0 spiro atoms. The van der Waals surface area contributed by atoms with Gasteiger partial charge in [0.15, 0.2) is 0 Å². The van der Waals surface area contributed by atoms with Gasteiger partial charge in [-0.05, 0) is 24.3 Å². The van der Waals surface area contributed by atoms with Gasteiger partial charge in [0.05, 0.1) is 12.9 Å². The summed E-state index contributed by atoms with van der Waals surface area (Å²) in [7, 11) is 1.65. The topological polar surface area (TPSA) is 82.2 Å². The summed E-state index contributed by atoms with van der Waals surface area (Å²) in [6.45, 7) is 1.77. The molecule has 2 aromatic heterocycles. The van der Waals surface area contributed by atoms with Gasteiger partial charge < -0.3 is 19.0 Å². The lowest BCUT2D eigenvalue weighted by Gasteiger charge is -2.08. The van der Waals surface area contributed by atoms with Gasteiger partial charge in [-0.1, -0.05) is 12.1 Å². The van der Waals surface area contributed by atoms with Gasteiger partial charge in [0.2, 0.25) is 0 Å². The number of aromatic nitrogens is 3. The van der Waals surface area contributed by atoms with Crippen molar-refractivity contribution in [1.82, 2.24) is 20.1 Å². The number of rotatable bonds is 8. The minimum absolute atomic E-state index is 0.128. The molecule has 0 unspecified atom stereocenters. The highest BCUT2D eigenvalue weighted by Gasteiger charge is 2.09. The van der Waals surface area contributed by atoms with Crippen LogP contribution in [0, 0.1) is 0 Å². The Labute approximate surface area is 145 Å². The molecule has 0 atom stereocenters. The van der Waals surface area contributed by atoms with E-state index in [0.717, 1.165) is 17.1 Å². The largest absolute Gasteiger partial charge is 0.464 e. The predicted octanol–water partition coefficient (Wildman–Crippen LogP) is 2.16. The van der Waals surface area contributed by atoms with Crippen LogP contribution in [-0.4, -0.2) is 40.9 Å². The maximum atomic E-state index is 12.3. The standard InChI is InChI=1S/C18H20N4O3/c1-24-11-9-22-13-20-21-17(22)7-8-19-18(23)15-5-2-4-14(12-15)16-6-3-10-25-16/h2-6,10,12-13H,7-9,11H2,1H3,(H,19,23). The van der Waals surface area contributed by atoms with Gasteiger partial charge in [-0.15, -0.1) is 10.2 Å². The number of hydrogen-bond acceptors (Lipinski definition) is 5. The molecular formula is C18H20N4O3. The number of hydrogen-bond donors (Lipinski definition) is 1. The Bertz CT molecular complexity index is 811. The van der Waals surface area contributed by atoms with E-state index in [4.69, 9.17) is 9.15 Å². The van der Waals surface area contributed by atoms with E-state index in [1.165, 1.54) is 0 Å². The molecule has 0 fully saturated rings. The van der Waals surface area contributed by atoms with Crippen molar-refractivity contribution in [2.75, 3.05) is 20.3 Å². The zero-order valence-corrected chi connectivity index (χ0v) is 14.0. The lowest BCUT2D eigenvalue weighted by molar-refractivity contribution is 0.0954. The van der Waals surface area contributed by atoms with Crippen molar-refractivity contribution in [3.63, 3.8) is 0 Å². The number of nitrogens with one attached hydrogen (secondary N) is 1. The van der Waals surface area contributed by atoms with Gasteiger partial charge in [0, 0.05) is 37.7 Å². The van der Waals surface area contributed by atoms with Crippen LogP contribution in [0.15, 0.2) is 53.4 Å². The van der Waals surface area contributed by atoms with Gasteiger partial charge in [0.1, 0.15) is 17.9 Å². The third kappa shape index (κ3) is 4.33. The van der Waals surface area contributed by atoms with Gasteiger partial charge in [-0.2, -0.15) is 0 Å². The summed E-state index contributed by atoms with van der Waals surface area (Å²) in [5, 5.41) is 10.9. The Balaban J connectivity index is 1.56. The SMILES string of the molecule is COCCn1cnnc1CCNC(=O)c1cccc(-c2ccco2)c1. The van der Waals surface area contributed by atoms with Gasteiger partial charge >= 0.3 is 0 Å². The second-order valence-corrected chi connectivity index (χ2v) is 5.50. The summed E-state index contributed by atoms with van der Waals surface area (Å²) in [4.78, 5) is 12.3. The quantitative estimate of drug-likeness (QED) is 0.679. The number of benzene rings is 1. The molecule has 7 nitrogen and oxygen atoms in total. The van der Waals surface area contributed by atoms with Crippen LogP contribution in [0.3, 0.4) is 0 Å². The highest BCUT2D eigenvalue weighted by atomic mass is 16.5. The highest BCUT2D eigenvalue weighted by Crippen LogP contribution is 2.20. The Morgan fingerprint density at radius 1 is 1.32 bits per heavy atom. The van der Waals surface area contributed by atoms with Gasteiger partial charge in [-0.25, -0.2) is 0 Å². The smallest absolute Gasteiger partial charge is 0.251 e. The third-order valence-corrected chi connectivity index (χ3v) is 3.80. The van der Waals surface area contributed by atoms with Crippen molar-refractivity contribution in [3.8, 4) is 11.3 Å². The zero-order valence-electron chi connectivity index (χ0n) is 14.0. The molecule has 130 valence electrons. The van der Waals surface area contributed by atoms with Crippen molar-refractivity contribution in [2.45, 2.75) is 13.0 Å². The number of methoxy groups -OCH3 is 1. The van der Waals surface area contributed by atoms with Crippen LogP contribution in [0.1, 0.15) is 16.2 Å². The molecule has 0 aliphatic rings. The van der Waals surface area contributed by atoms with Crippen LogP contribution >= 0.6 is 0 Å². The van der Waals surface area contributed by atoms with Crippen LogP contribution in [0.25, 0.3) is 11.3 Å². The highest BCUT2D eigenvalue weighted by molar-refractivity contribution is 5.95. The zero-order chi connectivity index (χ0) is 17.5. The molecule has 0 saturated heterocycles. The molecule has 0 aliphatic heterocycles. The van der Waals surface area contributed by atoms with E-state index >= 15 is 0 Å². The molecule has 3 rings (SSSR count). The fourth-order valence-electron chi connectivity index (χ4n) is 2.50. The second kappa shape index (κ2) is 8.25. The Hall–Kier alpha value is -2.93. The number of carbonyl (C=O) groups excluding carboxylic acids is 1. The number of ether oxygens (including phenoxy) is 1. The van der Waals surface area contributed by atoms with E-state index in [9.17, 15) is 4.79 Å². The summed E-state index contributed by atoms with van der Waals surface area (Å²) in [5.74, 6) is 1.43. The summed E-state index contributed by atoms with van der Waals surface area (Å²) >= 11 is 0. The molecule has 0 bridgehead atoms. The average molecular weight is 340 g/mol. The number of nitrogens with zero attached hydrogens (tertiary/aromatic N) is 3. The van der Waals surface area contributed by atoms with E-state index in [2.05, 4.69) is 15.5 Å². The lowest BCUT2D eigenvalue weighted by atomic mass is 10.1. The van der Waals surface area contributed by atoms with Crippen molar-refractivity contribution in [3.05, 3.63) is 60.4 Å². The van der Waals surface area contributed by atoms with Crippen LogP contribution in [0.4, 0.5) is 0 Å². The molecule has 1 amide bonds. The summed E-state index contributed by atoms with van der Waals surface area (Å²) < 4.78 is 12.4. The first-order valence-corrected chi connectivity index (χ1v) is 8.05. The van der Waals surface area contributed by atoms with Crippen LogP contribution in [-0.2, 0) is 17.7 Å². The molecule has 2 heterocycles. The number of carbonyl (C=O) groups is 1. The lowest BCUT2D eigenvalue weighted by Crippen LogP contribution is -2.26. The normalized spacial score (nSPS) is 10.8. The van der Waals surface area contributed by atoms with Crippen LogP contribution < -0.4 is 5.32 Å². The minimum atomic E-state index is -0.128. The van der Waals surface area contributed by atoms with Crippen molar-refractivity contribution in [2.24, 2.45) is 0 Å². The average Bonchev–Trinajstić information content (AvgIpc) is 3.32. The molecular weight excluding hydrogens is 320 g/mol. The molecule has 0 aliphatic carbocycles. The van der Waals surface area contributed by atoms with E-state index in [1.54, 1.807) is 25.8 Å². The Morgan fingerprint density at radius 2 is 2.24 bits per heavy atom. The van der Waals surface area contributed by atoms with E-state index < -0.39 is 0 Å².